The van der Waals surface area contributed by atoms with Gasteiger partial charge >= 0.3 is 0 Å². The summed E-state index contributed by atoms with van der Waals surface area (Å²) in [5, 5.41) is 0.342. The summed E-state index contributed by atoms with van der Waals surface area (Å²) in [4.78, 5) is 24.1. The van der Waals surface area contributed by atoms with E-state index >= 15 is 0 Å². The molecule has 0 atom stereocenters. The number of ether oxygens (including phenoxy) is 1. The van der Waals surface area contributed by atoms with Gasteiger partial charge in [0.1, 0.15) is 12.0 Å². The van der Waals surface area contributed by atoms with E-state index in [1.807, 2.05) is 0 Å². The van der Waals surface area contributed by atoms with E-state index in [2.05, 4.69) is 0 Å². The van der Waals surface area contributed by atoms with E-state index in [4.69, 9.17) is 16.3 Å². The van der Waals surface area contributed by atoms with Gasteiger partial charge in [-0.25, -0.2) is 0 Å². The van der Waals surface area contributed by atoms with Gasteiger partial charge in [0, 0.05) is 18.7 Å². The van der Waals surface area contributed by atoms with Crippen LogP contribution in [0.1, 0.15) is 23.2 Å². The number of carbonyl (C=O) groups is 2. The highest BCUT2D eigenvalue weighted by molar-refractivity contribution is 6.32. The predicted octanol–water partition coefficient (Wildman–Crippen LogP) is 2.15. The molecule has 96 valence electrons. The molecule has 0 aliphatic carbocycles. The van der Waals surface area contributed by atoms with Crippen LogP contribution < -0.4 is 4.74 Å². The molecule has 2 rings (SSSR count). The molecule has 1 amide bonds. The van der Waals surface area contributed by atoms with Gasteiger partial charge in [0.15, 0.2) is 6.61 Å². The molecule has 1 aromatic carbocycles. The molecular formula is C13H14ClNO3. The Morgan fingerprint density at radius 2 is 2.11 bits per heavy atom. The Kier molecular flexibility index (Phi) is 4.20. The SMILES string of the molecule is O=Cc1ccc(OCC(=O)N2CCCC2)c(Cl)c1. The van der Waals surface area contributed by atoms with Gasteiger partial charge in [-0.3, -0.25) is 9.59 Å². The molecular weight excluding hydrogens is 254 g/mol. The summed E-state index contributed by atoms with van der Waals surface area (Å²) in [6, 6.07) is 4.72. The summed E-state index contributed by atoms with van der Waals surface area (Å²) < 4.78 is 5.37. The summed E-state index contributed by atoms with van der Waals surface area (Å²) >= 11 is 5.94. The Balaban J connectivity index is 1.93. The minimum atomic E-state index is -0.0250. The Morgan fingerprint density at radius 3 is 2.72 bits per heavy atom. The number of hydrogen-bond donors (Lipinski definition) is 0. The van der Waals surface area contributed by atoms with Gasteiger partial charge in [0.05, 0.1) is 5.02 Å². The molecule has 4 nitrogen and oxygen atoms in total. The highest BCUT2D eigenvalue weighted by atomic mass is 35.5. The first-order valence-electron chi connectivity index (χ1n) is 5.86. The first kappa shape index (κ1) is 12.9. The van der Waals surface area contributed by atoms with Crippen LogP contribution in [0, 0.1) is 0 Å². The molecule has 0 saturated carbocycles. The second-order valence-electron chi connectivity index (χ2n) is 4.18. The Labute approximate surface area is 110 Å². The first-order valence-corrected chi connectivity index (χ1v) is 6.24. The van der Waals surface area contributed by atoms with Gasteiger partial charge in [-0.2, -0.15) is 0 Å². The summed E-state index contributed by atoms with van der Waals surface area (Å²) in [6.45, 7) is 1.60. The Morgan fingerprint density at radius 1 is 1.39 bits per heavy atom. The quantitative estimate of drug-likeness (QED) is 0.786. The molecule has 0 bridgehead atoms. The van der Waals surface area contributed by atoms with E-state index < -0.39 is 0 Å². The summed E-state index contributed by atoms with van der Waals surface area (Å²) in [7, 11) is 0. The molecule has 1 heterocycles. The average Bonchev–Trinajstić information content (AvgIpc) is 2.90. The Bertz CT molecular complexity index is 456. The minimum Gasteiger partial charge on any atom is -0.482 e. The van der Waals surface area contributed by atoms with Crippen LogP contribution in [0.15, 0.2) is 18.2 Å². The number of likely N-dealkylation sites (tertiary alicyclic amines) is 1. The number of amides is 1. The number of halogens is 1. The zero-order valence-electron chi connectivity index (χ0n) is 9.89. The normalized spacial score (nSPS) is 14.6. The number of nitrogens with zero attached hydrogens (tertiary/aromatic N) is 1. The van der Waals surface area contributed by atoms with Crippen molar-refractivity contribution in [3.05, 3.63) is 28.8 Å². The second-order valence-corrected chi connectivity index (χ2v) is 4.59. The molecule has 0 unspecified atom stereocenters. The molecule has 5 heteroatoms. The first-order chi connectivity index (χ1) is 8.70. The smallest absolute Gasteiger partial charge is 0.260 e. The van der Waals surface area contributed by atoms with Crippen LogP contribution in [0.4, 0.5) is 0 Å². The number of aldehydes is 1. The third-order valence-electron chi connectivity index (χ3n) is 2.90. The molecule has 1 saturated heterocycles. The minimum absolute atomic E-state index is 0.0137. The fourth-order valence-electron chi connectivity index (χ4n) is 1.90. The van der Waals surface area contributed by atoms with Crippen molar-refractivity contribution in [2.45, 2.75) is 12.8 Å². The molecule has 1 aliphatic heterocycles. The number of hydrogen-bond acceptors (Lipinski definition) is 3. The summed E-state index contributed by atoms with van der Waals surface area (Å²) in [6.07, 6.45) is 2.83. The molecule has 0 aromatic heterocycles. The molecule has 0 N–H and O–H groups in total. The van der Waals surface area contributed by atoms with E-state index in [0.717, 1.165) is 25.9 Å². The predicted molar refractivity (Wildman–Crippen MR) is 68.1 cm³/mol. The molecule has 18 heavy (non-hydrogen) atoms. The molecule has 0 radical (unpaired) electrons. The lowest BCUT2D eigenvalue weighted by Crippen LogP contribution is -2.32. The van der Waals surface area contributed by atoms with Crippen molar-refractivity contribution in [1.29, 1.82) is 0 Å². The van der Waals surface area contributed by atoms with Gasteiger partial charge in [0.2, 0.25) is 0 Å². The number of carbonyl (C=O) groups excluding carboxylic acids is 2. The van der Waals surface area contributed by atoms with Crippen LogP contribution in [-0.2, 0) is 4.79 Å². The van der Waals surface area contributed by atoms with E-state index in [-0.39, 0.29) is 12.5 Å². The van der Waals surface area contributed by atoms with Gasteiger partial charge in [-0.1, -0.05) is 11.6 Å². The van der Waals surface area contributed by atoms with Crippen molar-refractivity contribution in [2.24, 2.45) is 0 Å². The van der Waals surface area contributed by atoms with Crippen molar-refractivity contribution in [1.82, 2.24) is 4.90 Å². The molecule has 1 aliphatic rings. The van der Waals surface area contributed by atoms with Crippen molar-refractivity contribution in [2.75, 3.05) is 19.7 Å². The number of rotatable bonds is 4. The highest BCUT2D eigenvalue weighted by Crippen LogP contribution is 2.25. The van der Waals surface area contributed by atoms with E-state index in [9.17, 15) is 9.59 Å². The van der Waals surface area contributed by atoms with Crippen molar-refractivity contribution in [3.8, 4) is 5.75 Å². The summed E-state index contributed by atoms with van der Waals surface area (Å²) in [5.41, 5.74) is 0.484. The third kappa shape index (κ3) is 3.01. The maximum absolute atomic E-state index is 11.8. The zero-order valence-corrected chi connectivity index (χ0v) is 10.7. The molecule has 1 aromatic rings. The lowest BCUT2D eigenvalue weighted by molar-refractivity contribution is -0.132. The topological polar surface area (TPSA) is 46.6 Å². The van der Waals surface area contributed by atoms with Gasteiger partial charge in [0.25, 0.3) is 5.91 Å². The lowest BCUT2D eigenvalue weighted by Gasteiger charge is -2.15. The molecule has 1 fully saturated rings. The van der Waals surface area contributed by atoms with Crippen LogP contribution in [0.2, 0.25) is 5.02 Å². The maximum Gasteiger partial charge on any atom is 0.260 e. The largest absolute Gasteiger partial charge is 0.482 e. The van der Waals surface area contributed by atoms with Crippen LogP contribution in [0.5, 0.6) is 5.75 Å². The average molecular weight is 268 g/mol. The summed E-state index contributed by atoms with van der Waals surface area (Å²) in [5.74, 6) is 0.401. The standard InChI is InChI=1S/C13H14ClNO3/c14-11-7-10(8-16)3-4-12(11)18-9-13(17)15-5-1-2-6-15/h3-4,7-8H,1-2,5-6,9H2. The Hall–Kier alpha value is -1.55. The fraction of sp³-hybridized carbons (Fsp3) is 0.385. The second kappa shape index (κ2) is 5.87. The monoisotopic (exact) mass is 267 g/mol. The number of benzene rings is 1. The fourth-order valence-corrected chi connectivity index (χ4v) is 2.15. The highest BCUT2D eigenvalue weighted by Gasteiger charge is 2.18. The van der Waals surface area contributed by atoms with Crippen molar-refractivity contribution >= 4 is 23.8 Å². The van der Waals surface area contributed by atoms with E-state index in [1.54, 1.807) is 17.0 Å². The van der Waals surface area contributed by atoms with E-state index in [1.165, 1.54) is 6.07 Å². The lowest BCUT2D eigenvalue weighted by atomic mass is 10.2. The van der Waals surface area contributed by atoms with Crippen LogP contribution >= 0.6 is 11.6 Å². The van der Waals surface area contributed by atoms with Crippen LogP contribution in [0.25, 0.3) is 0 Å². The van der Waals surface area contributed by atoms with Gasteiger partial charge < -0.3 is 9.64 Å². The zero-order chi connectivity index (χ0) is 13.0. The van der Waals surface area contributed by atoms with Crippen molar-refractivity contribution < 1.29 is 14.3 Å². The molecule has 0 spiro atoms. The van der Waals surface area contributed by atoms with E-state index in [0.29, 0.717) is 22.6 Å². The maximum atomic E-state index is 11.8. The van der Waals surface area contributed by atoms with Gasteiger partial charge in [-0.15, -0.1) is 0 Å². The van der Waals surface area contributed by atoms with Gasteiger partial charge in [-0.05, 0) is 31.0 Å². The van der Waals surface area contributed by atoms with Crippen LogP contribution in [-0.4, -0.2) is 36.8 Å². The van der Waals surface area contributed by atoms with Crippen LogP contribution in [0.3, 0.4) is 0 Å². The van der Waals surface area contributed by atoms with Crippen molar-refractivity contribution in [3.63, 3.8) is 0 Å². The third-order valence-corrected chi connectivity index (χ3v) is 3.20.